The summed E-state index contributed by atoms with van der Waals surface area (Å²) in [6, 6.07) is 9.23. The van der Waals surface area contributed by atoms with Crippen LogP contribution in [0.2, 0.25) is 0 Å². The number of rotatable bonds is 3. The largest absolute Gasteiger partial charge is 0.490 e. The normalized spacial score (nSPS) is 18.8. The monoisotopic (exact) mass is 578 g/mol. The highest BCUT2D eigenvalue weighted by molar-refractivity contribution is 5.93. The Kier molecular flexibility index (Phi) is 10.6. The van der Waals surface area contributed by atoms with Gasteiger partial charge in [-0.05, 0) is 49.1 Å². The Morgan fingerprint density at radius 2 is 1.45 bits per heavy atom. The van der Waals surface area contributed by atoms with Crippen molar-refractivity contribution < 1.29 is 55.7 Å². The number of carboxylic acids is 2. The average molecular weight is 578 g/mol. The molecular weight excluding hydrogens is 554 g/mol. The van der Waals surface area contributed by atoms with Crippen LogP contribution in [0.1, 0.15) is 35.3 Å². The van der Waals surface area contributed by atoms with Gasteiger partial charge in [-0.25, -0.2) is 9.59 Å². The molecule has 2 N–H and O–H groups in total. The van der Waals surface area contributed by atoms with Gasteiger partial charge in [-0.15, -0.1) is 0 Å². The van der Waals surface area contributed by atoms with Crippen molar-refractivity contribution in [3.63, 3.8) is 0 Å². The Balaban J connectivity index is 0.000000333. The first kappa shape index (κ1) is 32.0. The van der Waals surface area contributed by atoms with Gasteiger partial charge in [-0.2, -0.15) is 26.3 Å². The molecule has 0 aromatic carbocycles. The Labute approximate surface area is 223 Å². The molecule has 0 bridgehead atoms. The number of aromatic nitrogens is 2. The molecule has 4 rings (SSSR count). The SMILES string of the molecule is O=C(O)C(F)(F)F.O=C(O)C(F)(F)F.O=C(c1ccccn1)N1CCCC2(CCN(Cc3ccncc3)C2=O)C1. The minimum Gasteiger partial charge on any atom is -0.475 e. The van der Waals surface area contributed by atoms with Crippen molar-refractivity contribution in [2.24, 2.45) is 5.41 Å². The van der Waals surface area contributed by atoms with Crippen LogP contribution in [-0.4, -0.2) is 85.7 Å². The predicted molar refractivity (Wildman–Crippen MR) is 123 cm³/mol. The van der Waals surface area contributed by atoms with Crippen molar-refractivity contribution in [3.8, 4) is 0 Å². The number of aliphatic carboxylic acids is 2. The number of hydrogen-bond acceptors (Lipinski definition) is 6. The fourth-order valence-corrected chi connectivity index (χ4v) is 4.09. The maximum Gasteiger partial charge on any atom is 0.490 e. The van der Waals surface area contributed by atoms with Crippen molar-refractivity contribution in [2.45, 2.75) is 38.2 Å². The van der Waals surface area contributed by atoms with Crippen LogP contribution in [0.5, 0.6) is 0 Å². The van der Waals surface area contributed by atoms with Crippen molar-refractivity contribution in [1.29, 1.82) is 0 Å². The summed E-state index contributed by atoms with van der Waals surface area (Å²) in [5.74, 6) is -5.42. The first-order chi connectivity index (χ1) is 18.6. The van der Waals surface area contributed by atoms with Crippen LogP contribution in [0.3, 0.4) is 0 Å². The summed E-state index contributed by atoms with van der Waals surface area (Å²) in [7, 11) is 0. The summed E-state index contributed by atoms with van der Waals surface area (Å²) in [6.45, 7) is 2.53. The summed E-state index contributed by atoms with van der Waals surface area (Å²) < 4.78 is 63.5. The number of piperidine rings is 1. The number of carboxylic acid groups (broad SMARTS) is 2. The standard InChI is InChI=1S/C20H22N4O2.2C2HF3O2/c25-18(17-4-1-2-9-22-17)24-12-3-7-20(15-24)8-13-23(19(20)26)14-16-5-10-21-11-6-16;2*3-2(4,5)1(6)7/h1-2,4-6,9-11H,3,7-8,12-15H2;2*(H,6,7). The number of pyridine rings is 2. The highest BCUT2D eigenvalue weighted by Crippen LogP contribution is 2.41. The van der Waals surface area contributed by atoms with Gasteiger partial charge in [0.15, 0.2) is 0 Å². The molecule has 218 valence electrons. The molecule has 16 heteroatoms. The zero-order valence-electron chi connectivity index (χ0n) is 20.7. The molecule has 2 aromatic heterocycles. The van der Waals surface area contributed by atoms with Gasteiger partial charge in [0, 0.05) is 44.8 Å². The fraction of sp³-hybridized carbons (Fsp3) is 0.417. The third-order valence-corrected chi connectivity index (χ3v) is 5.96. The summed E-state index contributed by atoms with van der Waals surface area (Å²) in [6.07, 6.45) is -2.52. The molecule has 2 aliphatic rings. The van der Waals surface area contributed by atoms with E-state index >= 15 is 0 Å². The Morgan fingerprint density at radius 1 is 0.875 bits per heavy atom. The van der Waals surface area contributed by atoms with Crippen molar-refractivity contribution in [2.75, 3.05) is 19.6 Å². The number of likely N-dealkylation sites (tertiary alicyclic amines) is 2. The van der Waals surface area contributed by atoms with Crippen LogP contribution in [0, 0.1) is 5.41 Å². The number of hydrogen-bond donors (Lipinski definition) is 2. The Bertz CT molecular complexity index is 1160. The van der Waals surface area contributed by atoms with Crippen LogP contribution in [0.25, 0.3) is 0 Å². The van der Waals surface area contributed by atoms with E-state index < -0.39 is 29.7 Å². The maximum atomic E-state index is 13.1. The number of halogens is 6. The molecule has 2 fully saturated rings. The van der Waals surface area contributed by atoms with Gasteiger partial charge in [-0.1, -0.05) is 6.07 Å². The van der Waals surface area contributed by atoms with Crippen LogP contribution >= 0.6 is 0 Å². The third kappa shape index (κ3) is 8.91. The van der Waals surface area contributed by atoms with Crippen LogP contribution < -0.4 is 0 Å². The second-order valence-electron chi connectivity index (χ2n) is 8.76. The smallest absolute Gasteiger partial charge is 0.475 e. The zero-order valence-corrected chi connectivity index (χ0v) is 20.7. The molecule has 0 saturated carbocycles. The molecule has 10 nitrogen and oxygen atoms in total. The van der Waals surface area contributed by atoms with E-state index in [1.54, 1.807) is 35.6 Å². The molecule has 1 atom stereocenters. The Morgan fingerprint density at radius 3 is 1.95 bits per heavy atom. The number of carbonyl (C=O) groups is 4. The minimum atomic E-state index is -5.08. The number of alkyl halides is 6. The molecule has 40 heavy (non-hydrogen) atoms. The van der Waals surface area contributed by atoms with E-state index in [4.69, 9.17) is 19.8 Å². The van der Waals surface area contributed by atoms with Crippen molar-refractivity contribution >= 4 is 23.8 Å². The van der Waals surface area contributed by atoms with Gasteiger partial charge in [0.05, 0.1) is 5.41 Å². The van der Waals surface area contributed by atoms with E-state index in [1.165, 1.54) is 0 Å². The van der Waals surface area contributed by atoms with Crippen LogP contribution in [0.15, 0.2) is 48.9 Å². The maximum absolute atomic E-state index is 13.1. The fourth-order valence-electron chi connectivity index (χ4n) is 4.09. The molecule has 1 unspecified atom stereocenters. The van der Waals surface area contributed by atoms with E-state index in [1.807, 2.05) is 23.1 Å². The molecular formula is C24H24F6N4O6. The van der Waals surface area contributed by atoms with E-state index in [2.05, 4.69) is 9.97 Å². The molecule has 2 aromatic rings. The second kappa shape index (κ2) is 13.2. The predicted octanol–water partition coefficient (Wildman–Crippen LogP) is 3.40. The molecule has 2 amide bonds. The van der Waals surface area contributed by atoms with E-state index in [0.717, 1.165) is 31.4 Å². The molecule has 0 aliphatic carbocycles. The second-order valence-corrected chi connectivity index (χ2v) is 8.76. The number of amides is 2. The van der Waals surface area contributed by atoms with E-state index in [0.29, 0.717) is 25.3 Å². The molecule has 2 saturated heterocycles. The lowest BCUT2D eigenvalue weighted by molar-refractivity contribution is -0.193. The highest BCUT2D eigenvalue weighted by Gasteiger charge is 2.49. The van der Waals surface area contributed by atoms with Gasteiger partial charge >= 0.3 is 24.3 Å². The summed E-state index contributed by atoms with van der Waals surface area (Å²) in [5.41, 5.74) is 1.10. The molecule has 4 heterocycles. The summed E-state index contributed by atoms with van der Waals surface area (Å²) in [5, 5.41) is 14.2. The molecule has 2 aliphatic heterocycles. The van der Waals surface area contributed by atoms with Crippen molar-refractivity contribution in [1.82, 2.24) is 19.8 Å². The number of nitrogens with zero attached hydrogens (tertiary/aromatic N) is 4. The average Bonchev–Trinajstić information content (AvgIpc) is 3.18. The van der Waals surface area contributed by atoms with E-state index in [9.17, 15) is 35.9 Å². The lowest BCUT2D eigenvalue weighted by Crippen LogP contribution is -2.49. The number of carbonyl (C=O) groups excluding carboxylic acids is 2. The topological polar surface area (TPSA) is 141 Å². The van der Waals surface area contributed by atoms with Gasteiger partial charge < -0.3 is 20.0 Å². The summed E-state index contributed by atoms with van der Waals surface area (Å²) in [4.78, 5) is 55.6. The van der Waals surface area contributed by atoms with Gasteiger partial charge in [0.2, 0.25) is 5.91 Å². The quantitative estimate of drug-likeness (QED) is 0.528. The highest BCUT2D eigenvalue weighted by atomic mass is 19.4. The lowest BCUT2D eigenvalue weighted by Gasteiger charge is -2.38. The van der Waals surface area contributed by atoms with Gasteiger partial charge in [0.1, 0.15) is 5.69 Å². The van der Waals surface area contributed by atoms with Gasteiger partial charge in [0.25, 0.3) is 5.91 Å². The van der Waals surface area contributed by atoms with E-state index in [-0.39, 0.29) is 11.8 Å². The van der Waals surface area contributed by atoms with Crippen molar-refractivity contribution in [3.05, 3.63) is 60.2 Å². The first-order valence-corrected chi connectivity index (χ1v) is 11.6. The van der Waals surface area contributed by atoms with Gasteiger partial charge in [-0.3, -0.25) is 19.6 Å². The Hall–Kier alpha value is -4.24. The van der Waals surface area contributed by atoms with Crippen LogP contribution in [-0.2, 0) is 20.9 Å². The third-order valence-electron chi connectivity index (χ3n) is 5.96. The first-order valence-electron chi connectivity index (χ1n) is 11.6. The zero-order chi connectivity index (χ0) is 30.1. The molecule has 1 spiro atoms. The minimum absolute atomic E-state index is 0.0786. The lowest BCUT2D eigenvalue weighted by atomic mass is 9.78. The molecule has 0 radical (unpaired) electrons. The van der Waals surface area contributed by atoms with Crippen LogP contribution in [0.4, 0.5) is 26.3 Å². The summed E-state index contributed by atoms with van der Waals surface area (Å²) >= 11 is 0.